The van der Waals surface area contributed by atoms with Crippen molar-refractivity contribution in [2.75, 3.05) is 32.0 Å². The van der Waals surface area contributed by atoms with Gasteiger partial charge in [-0.2, -0.15) is 0 Å². The highest BCUT2D eigenvalue weighted by atomic mass is 19.1. The molecule has 4 atom stereocenters. The molecule has 10 amide bonds. The van der Waals surface area contributed by atoms with Gasteiger partial charge in [-0.25, -0.2) is 28.1 Å². The fourth-order valence-electron chi connectivity index (χ4n) is 9.02. The number of unbranched alkanes of at least 4 members (excludes halogenated alkanes) is 2. The van der Waals surface area contributed by atoms with Gasteiger partial charge in [0.15, 0.2) is 0 Å². The van der Waals surface area contributed by atoms with Crippen molar-refractivity contribution in [3.8, 4) is 11.3 Å². The summed E-state index contributed by atoms with van der Waals surface area (Å²) >= 11 is 0. The summed E-state index contributed by atoms with van der Waals surface area (Å²) in [5.41, 5.74) is 6.66. The van der Waals surface area contributed by atoms with E-state index in [1.165, 1.54) is 19.2 Å². The molecule has 0 bridgehead atoms. The number of ether oxygens (including phenoxy) is 1. The van der Waals surface area contributed by atoms with Crippen molar-refractivity contribution in [1.82, 2.24) is 45.9 Å². The largest absolute Gasteiger partial charge is 0.445 e. The van der Waals surface area contributed by atoms with Gasteiger partial charge in [0.1, 0.15) is 36.1 Å². The summed E-state index contributed by atoms with van der Waals surface area (Å²) in [7, 11) is 1.52. The van der Waals surface area contributed by atoms with E-state index in [2.05, 4.69) is 31.9 Å². The van der Waals surface area contributed by atoms with Crippen LogP contribution in [0.3, 0.4) is 0 Å². The molecule has 79 heavy (non-hydrogen) atoms. The summed E-state index contributed by atoms with van der Waals surface area (Å²) < 4.78 is 37.1. The Labute approximate surface area is 460 Å². The first-order valence-corrected chi connectivity index (χ1v) is 26.6. The lowest BCUT2D eigenvalue weighted by Crippen LogP contribution is -2.54. The number of amides is 10. The summed E-state index contributed by atoms with van der Waals surface area (Å²) in [5, 5.41) is 16.4. The van der Waals surface area contributed by atoms with Crippen molar-refractivity contribution in [1.29, 1.82) is 0 Å². The first-order valence-electron chi connectivity index (χ1n) is 26.6. The van der Waals surface area contributed by atoms with E-state index in [0.717, 1.165) is 28.7 Å². The maximum absolute atomic E-state index is 15.2. The van der Waals surface area contributed by atoms with Gasteiger partial charge < -0.3 is 51.8 Å². The number of hydrogen-bond donors (Lipinski definition) is 7. The molecule has 0 fully saturated rings. The zero-order valence-electron chi connectivity index (χ0n) is 46.0. The number of aromatic nitrogens is 2. The molecule has 0 spiro atoms. The van der Waals surface area contributed by atoms with Crippen molar-refractivity contribution >= 4 is 53.4 Å². The Morgan fingerprint density at radius 2 is 1.52 bits per heavy atom. The predicted molar refractivity (Wildman–Crippen MR) is 293 cm³/mol. The van der Waals surface area contributed by atoms with E-state index >= 15 is 4.39 Å². The van der Waals surface area contributed by atoms with Crippen LogP contribution >= 0.6 is 0 Å². The second-order valence-corrected chi connectivity index (χ2v) is 20.8. The molecule has 426 valence electrons. The van der Waals surface area contributed by atoms with Gasteiger partial charge >= 0.3 is 18.2 Å². The van der Waals surface area contributed by atoms with Crippen LogP contribution in [0.2, 0.25) is 0 Å². The summed E-state index contributed by atoms with van der Waals surface area (Å²) in [5.74, 6) is -3.43. The number of imidazole rings is 1. The number of rotatable bonds is 28. The first kappa shape index (κ1) is 61.7. The third kappa shape index (κ3) is 18.8. The van der Waals surface area contributed by atoms with E-state index in [1.54, 1.807) is 49.2 Å². The Morgan fingerprint density at radius 1 is 0.823 bits per heavy atom. The third-order valence-corrected chi connectivity index (χ3v) is 13.2. The Balaban J connectivity index is 1.18. The Hall–Kier alpha value is -8.17. The molecule has 1 aliphatic heterocycles. The summed E-state index contributed by atoms with van der Waals surface area (Å²) in [6, 6.07) is 14.9. The molecule has 20 nitrogen and oxygen atoms in total. The highest BCUT2D eigenvalue weighted by Gasteiger charge is 2.39. The molecule has 0 saturated heterocycles. The van der Waals surface area contributed by atoms with Crippen LogP contribution < -0.4 is 37.6 Å². The van der Waals surface area contributed by atoms with Crippen molar-refractivity contribution < 1.29 is 51.9 Å². The van der Waals surface area contributed by atoms with E-state index in [0.29, 0.717) is 55.7 Å². The lowest BCUT2D eigenvalue weighted by Gasteiger charge is -2.40. The molecule has 1 aromatic heterocycles. The van der Waals surface area contributed by atoms with Gasteiger partial charge in [-0.05, 0) is 91.3 Å². The smallest absolute Gasteiger partial charge is 0.407 e. The number of urea groups is 2. The molecular weight excluding hydrogens is 1020 g/mol. The molecule has 1 aliphatic rings. The minimum Gasteiger partial charge on any atom is -0.445 e. The van der Waals surface area contributed by atoms with Crippen LogP contribution in [0.15, 0.2) is 91.1 Å². The Kier molecular flexibility index (Phi) is 23.1. The Morgan fingerprint density at radius 3 is 2.15 bits per heavy atom. The lowest BCUT2D eigenvalue weighted by atomic mass is 9.84. The maximum Gasteiger partial charge on any atom is 0.407 e. The van der Waals surface area contributed by atoms with Gasteiger partial charge in [-0.3, -0.25) is 28.9 Å². The molecule has 0 saturated carbocycles. The molecule has 2 heterocycles. The van der Waals surface area contributed by atoms with E-state index < -0.39 is 71.2 Å². The maximum atomic E-state index is 15.2. The van der Waals surface area contributed by atoms with Gasteiger partial charge in [0.25, 0.3) is 11.8 Å². The predicted octanol–water partition coefficient (Wildman–Crippen LogP) is 7.20. The number of alkyl carbamates (subject to hydrolysis) is 1. The Bertz CT molecular complexity index is 2770. The standard InChI is InChI=1S/C57H75F2N11O9/c1-8-40(28-31-70(55(77)61-7)50(57(4,5)6)51-65-45(42-32-39(58)22-25-43(42)59)34-68(51)33-37-16-11-9-12-17-37)64-56(78)79-35-38-20-23-41(24-21-38)63-52(74)44(18-15-29-62-54(60)76)66-53(75)49(36(2)3)67-46(71)19-13-10-14-30-69-47(72)26-27-48(69)73/h9,11-12,16-17,20-27,32,34,36,40,44,49-50H,8,10,13-15,18-19,28-31,33,35H2,1-7H3,(H,61,77)(H,63,74)(H,64,78)(H,66,75)(H,67,71)(H3,60,62,76)/t40-,44-,49-,50-/m0/s1. The SMILES string of the molecule is CC[C@@H](CCN(C(=O)NC)[C@@H](c1nc(-c2cc(F)ccc2F)cn1Cc1ccccc1)C(C)(C)C)NC(=O)OCc1ccc(NC(=O)[C@H](CCCNC(N)=O)NC(=O)[C@@H](NC(=O)CCCCCN2C(=O)C=CC2=O)C(C)C)cc1. The lowest BCUT2D eigenvalue weighted by molar-refractivity contribution is -0.137. The second kappa shape index (κ2) is 29.5. The number of hydrogen-bond acceptors (Lipinski definition) is 10. The number of imide groups is 1. The molecule has 22 heteroatoms. The van der Waals surface area contributed by atoms with Crippen LogP contribution in [-0.2, 0) is 41.9 Å². The van der Waals surface area contributed by atoms with Crippen LogP contribution in [0.4, 0.5) is 28.9 Å². The highest BCUT2D eigenvalue weighted by molar-refractivity contribution is 6.12. The van der Waals surface area contributed by atoms with Crippen LogP contribution in [-0.4, -0.2) is 112 Å². The van der Waals surface area contributed by atoms with Crippen molar-refractivity contribution in [2.24, 2.45) is 17.1 Å². The van der Waals surface area contributed by atoms with Crippen LogP contribution in [0.1, 0.15) is 116 Å². The molecule has 3 aromatic carbocycles. The number of anilines is 1. The quantitative estimate of drug-likeness (QED) is 0.0222. The van der Waals surface area contributed by atoms with E-state index in [1.807, 2.05) is 62.6 Å². The number of nitrogens with zero attached hydrogens (tertiary/aromatic N) is 4. The van der Waals surface area contributed by atoms with Gasteiger partial charge in [0.05, 0.1) is 11.7 Å². The number of halogens is 2. The number of primary amides is 1. The zero-order chi connectivity index (χ0) is 57.8. The van der Waals surface area contributed by atoms with Crippen molar-refractivity contribution in [3.05, 3.63) is 120 Å². The topological polar surface area (TPSA) is 268 Å². The molecule has 8 N–H and O–H groups in total. The average molecular weight is 1100 g/mol. The summed E-state index contributed by atoms with van der Waals surface area (Å²) in [6.07, 6.45) is 6.22. The van der Waals surface area contributed by atoms with Gasteiger partial charge in [-0.1, -0.05) is 90.4 Å². The molecule has 0 aliphatic carbocycles. The monoisotopic (exact) mass is 1100 g/mol. The summed E-state index contributed by atoms with van der Waals surface area (Å²) in [4.78, 5) is 110. The highest BCUT2D eigenvalue weighted by Crippen LogP contribution is 2.40. The fraction of sp³-hybridized carbons (Fsp3) is 0.456. The first-order chi connectivity index (χ1) is 37.6. The number of carbonyl (C=O) groups is 8. The van der Waals surface area contributed by atoms with Crippen LogP contribution in [0.25, 0.3) is 11.3 Å². The third-order valence-electron chi connectivity index (χ3n) is 13.2. The minimum atomic E-state index is -1.08. The second-order valence-electron chi connectivity index (χ2n) is 20.8. The summed E-state index contributed by atoms with van der Waals surface area (Å²) in [6.45, 7) is 12.0. The van der Waals surface area contributed by atoms with Crippen LogP contribution in [0, 0.1) is 23.0 Å². The zero-order valence-corrected chi connectivity index (χ0v) is 46.0. The minimum absolute atomic E-state index is 0.0181. The molecule has 0 radical (unpaired) electrons. The number of benzene rings is 3. The average Bonchev–Trinajstić information content (AvgIpc) is 4.14. The molecule has 5 rings (SSSR count). The van der Waals surface area contributed by atoms with Crippen LogP contribution in [0.5, 0.6) is 0 Å². The van der Waals surface area contributed by atoms with Gasteiger partial charge in [-0.15, -0.1) is 0 Å². The molecule has 4 aromatic rings. The molecule has 0 unspecified atom stereocenters. The van der Waals surface area contributed by atoms with Crippen molar-refractivity contribution in [2.45, 2.75) is 130 Å². The number of carbonyl (C=O) groups excluding carboxylic acids is 8. The van der Waals surface area contributed by atoms with E-state index in [4.69, 9.17) is 15.5 Å². The van der Waals surface area contributed by atoms with E-state index in [-0.39, 0.29) is 80.4 Å². The number of nitrogens with two attached hydrogens (primary N) is 1. The van der Waals surface area contributed by atoms with Crippen molar-refractivity contribution in [3.63, 3.8) is 0 Å². The van der Waals surface area contributed by atoms with Gasteiger partial charge in [0, 0.05) is 75.3 Å². The molecular formula is C57H75F2N11O9. The van der Waals surface area contributed by atoms with Gasteiger partial charge in [0.2, 0.25) is 17.7 Å². The normalized spacial score (nSPS) is 13.8. The fourth-order valence-corrected chi connectivity index (χ4v) is 9.02. The van der Waals surface area contributed by atoms with E-state index in [9.17, 15) is 42.7 Å². The number of nitrogens with one attached hydrogen (secondary N) is 6.